The van der Waals surface area contributed by atoms with E-state index in [0.29, 0.717) is 35.3 Å². The van der Waals surface area contributed by atoms with Gasteiger partial charge in [0.25, 0.3) is 0 Å². The molecule has 2 aromatic rings. The number of thiophene rings is 1. The van der Waals surface area contributed by atoms with Gasteiger partial charge in [-0.1, -0.05) is 0 Å². The van der Waals surface area contributed by atoms with Gasteiger partial charge in [-0.05, 0) is 50.8 Å². The van der Waals surface area contributed by atoms with Crippen LogP contribution in [-0.4, -0.2) is 48.2 Å². The molecule has 3 rings (SSSR count). The smallest absolute Gasteiger partial charge is 0.348 e. The predicted octanol–water partition coefficient (Wildman–Crippen LogP) is 3.61. The number of aryl methyl sites for hydroxylation is 1. The second-order valence-corrected chi connectivity index (χ2v) is 7.65. The van der Waals surface area contributed by atoms with Crippen LogP contribution in [-0.2, 0) is 14.3 Å². The third-order valence-corrected chi connectivity index (χ3v) is 5.88. The molecule has 9 heteroatoms. The van der Waals surface area contributed by atoms with E-state index < -0.39 is 0 Å². The monoisotopic (exact) mass is 411 g/mol. The lowest BCUT2D eigenvalue weighted by atomic mass is 9.98. The SMILES string of the molecule is CCOC(=O)c1sc2nc(Cl)nc(N3CCCC(C(=O)OCC)C3)c2c1C. The summed E-state index contributed by atoms with van der Waals surface area (Å²) < 4.78 is 10.3. The van der Waals surface area contributed by atoms with E-state index in [-0.39, 0.29) is 23.1 Å². The topological polar surface area (TPSA) is 81.6 Å². The zero-order chi connectivity index (χ0) is 19.6. The van der Waals surface area contributed by atoms with Crippen molar-refractivity contribution in [2.45, 2.75) is 33.6 Å². The number of nitrogens with zero attached hydrogens (tertiary/aromatic N) is 3. The lowest BCUT2D eigenvalue weighted by Gasteiger charge is -2.32. The van der Waals surface area contributed by atoms with E-state index in [9.17, 15) is 9.59 Å². The van der Waals surface area contributed by atoms with Crippen LogP contribution >= 0.6 is 22.9 Å². The number of carbonyl (C=O) groups is 2. The largest absolute Gasteiger partial charge is 0.466 e. The average molecular weight is 412 g/mol. The molecule has 2 aromatic heterocycles. The zero-order valence-corrected chi connectivity index (χ0v) is 17.2. The van der Waals surface area contributed by atoms with Crippen molar-refractivity contribution >= 4 is 50.9 Å². The van der Waals surface area contributed by atoms with Crippen LogP contribution in [0.1, 0.15) is 41.9 Å². The van der Waals surface area contributed by atoms with E-state index in [1.807, 2.05) is 11.8 Å². The summed E-state index contributed by atoms with van der Waals surface area (Å²) in [5.74, 6) is -0.106. The standard InChI is InChI=1S/C18H22ClN3O4S/c1-4-25-16(23)11-7-6-8-22(9-11)14-12-10(3)13(17(24)26-5-2)27-15(12)21-18(19)20-14/h11H,4-9H2,1-3H3. The average Bonchev–Trinajstić information content (AvgIpc) is 2.98. The van der Waals surface area contributed by atoms with Crippen LogP contribution < -0.4 is 4.90 Å². The Hall–Kier alpha value is -1.93. The Balaban J connectivity index is 2.00. The molecule has 1 aliphatic rings. The zero-order valence-electron chi connectivity index (χ0n) is 15.6. The third kappa shape index (κ3) is 4.01. The quantitative estimate of drug-likeness (QED) is 0.549. The van der Waals surface area contributed by atoms with Crippen LogP contribution in [0, 0.1) is 12.8 Å². The Morgan fingerprint density at radius 3 is 2.70 bits per heavy atom. The van der Waals surface area contributed by atoms with Gasteiger partial charge >= 0.3 is 11.9 Å². The van der Waals surface area contributed by atoms with Crippen LogP contribution in [0.15, 0.2) is 0 Å². The molecular weight excluding hydrogens is 390 g/mol. The van der Waals surface area contributed by atoms with Gasteiger partial charge in [0.1, 0.15) is 15.5 Å². The maximum atomic E-state index is 12.3. The molecule has 3 heterocycles. The molecule has 0 aromatic carbocycles. The minimum absolute atomic E-state index is 0.118. The van der Waals surface area contributed by atoms with Gasteiger partial charge in [0.15, 0.2) is 0 Å². The van der Waals surface area contributed by atoms with Crippen molar-refractivity contribution in [3.05, 3.63) is 15.7 Å². The van der Waals surface area contributed by atoms with Crippen LogP contribution in [0.25, 0.3) is 10.2 Å². The molecule has 0 aliphatic carbocycles. The number of ether oxygens (including phenoxy) is 2. The number of halogens is 1. The molecule has 1 fully saturated rings. The molecule has 0 spiro atoms. The van der Waals surface area contributed by atoms with E-state index in [1.54, 1.807) is 13.8 Å². The van der Waals surface area contributed by atoms with Gasteiger partial charge in [0.05, 0.1) is 24.5 Å². The van der Waals surface area contributed by atoms with Crippen LogP contribution in [0.4, 0.5) is 5.82 Å². The molecule has 146 valence electrons. The molecule has 1 saturated heterocycles. The summed E-state index contributed by atoms with van der Waals surface area (Å²) in [7, 11) is 0. The Morgan fingerprint density at radius 1 is 1.26 bits per heavy atom. The molecule has 0 N–H and O–H groups in total. The Labute approximate surface area is 166 Å². The fraction of sp³-hybridized carbons (Fsp3) is 0.556. The minimum Gasteiger partial charge on any atom is -0.466 e. The number of hydrogen-bond donors (Lipinski definition) is 0. The molecule has 0 amide bonds. The van der Waals surface area contributed by atoms with Gasteiger partial charge < -0.3 is 14.4 Å². The molecule has 0 bridgehead atoms. The Kier molecular flexibility index (Phi) is 6.16. The Bertz CT molecular complexity index is 870. The summed E-state index contributed by atoms with van der Waals surface area (Å²) in [6.07, 6.45) is 1.63. The first-order valence-corrected chi connectivity index (χ1v) is 10.2. The van der Waals surface area contributed by atoms with Crippen molar-refractivity contribution in [1.29, 1.82) is 0 Å². The summed E-state index contributed by atoms with van der Waals surface area (Å²) in [6.45, 7) is 7.36. The normalized spacial score (nSPS) is 17.2. The van der Waals surface area contributed by atoms with Gasteiger partial charge in [-0.15, -0.1) is 11.3 Å². The van der Waals surface area contributed by atoms with Gasteiger partial charge in [-0.3, -0.25) is 4.79 Å². The highest BCUT2D eigenvalue weighted by molar-refractivity contribution is 7.20. The minimum atomic E-state index is -0.372. The van der Waals surface area contributed by atoms with E-state index in [2.05, 4.69) is 9.97 Å². The van der Waals surface area contributed by atoms with Crippen LogP contribution in [0.2, 0.25) is 5.28 Å². The van der Waals surface area contributed by atoms with Crippen LogP contribution in [0.5, 0.6) is 0 Å². The fourth-order valence-corrected chi connectivity index (χ4v) is 4.62. The third-order valence-electron chi connectivity index (χ3n) is 4.55. The van der Waals surface area contributed by atoms with Crippen LogP contribution in [0.3, 0.4) is 0 Å². The number of aromatic nitrogens is 2. The first-order chi connectivity index (χ1) is 13.0. The molecule has 0 radical (unpaired) electrons. The summed E-state index contributed by atoms with van der Waals surface area (Å²) in [5, 5.41) is 0.907. The highest BCUT2D eigenvalue weighted by atomic mass is 35.5. The number of esters is 2. The van der Waals surface area contributed by atoms with Crippen molar-refractivity contribution in [2.24, 2.45) is 5.92 Å². The predicted molar refractivity (Wildman–Crippen MR) is 105 cm³/mol. The lowest BCUT2D eigenvalue weighted by Crippen LogP contribution is -2.40. The Morgan fingerprint density at radius 2 is 2.00 bits per heavy atom. The maximum Gasteiger partial charge on any atom is 0.348 e. The van der Waals surface area contributed by atoms with Crippen molar-refractivity contribution in [3.8, 4) is 0 Å². The lowest BCUT2D eigenvalue weighted by molar-refractivity contribution is -0.148. The molecule has 1 unspecified atom stereocenters. The summed E-state index contributed by atoms with van der Waals surface area (Å²) in [4.78, 5) is 36.3. The first-order valence-electron chi connectivity index (χ1n) is 9.01. The summed E-state index contributed by atoms with van der Waals surface area (Å²) in [6, 6.07) is 0. The molecule has 1 aliphatic heterocycles. The number of carbonyl (C=O) groups excluding carboxylic acids is 2. The first kappa shape index (κ1) is 19.8. The van der Waals surface area contributed by atoms with E-state index in [1.165, 1.54) is 11.3 Å². The second kappa shape index (κ2) is 8.39. The number of rotatable bonds is 5. The second-order valence-electron chi connectivity index (χ2n) is 6.31. The van der Waals surface area contributed by atoms with Crippen molar-refractivity contribution in [3.63, 3.8) is 0 Å². The van der Waals surface area contributed by atoms with Crippen molar-refractivity contribution < 1.29 is 19.1 Å². The van der Waals surface area contributed by atoms with Crippen molar-refractivity contribution in [2.75, 3.05) is 31.2 Å². The maximum absolute atomic E-state index is 12.3. The van der Waals surface area contributed by atoms with E-state index >= 15 is 0 Å². The fourth-order valence-electron chi connectivity index (χ4n) is 3.33. The number of hydrogen-bond acceptors (Lipinski definition) is 8. The molecule has 1 atom stereocenters. The van der Waals surface area contributed by atoms with Gasteiger partial charge in [0.2, 0.25) is 5.28 Å². The van der Waals surface area contributed by atoms with Gasteiger partial charge in [-0.25, -0.2) is 9.78 Å². The molecule has 7 nitrogen and oxygen atoms in total. The van der Waals surface area contributed by atoms with E-state index in [4.69, 9.17) is 21.1 Å². The number of piperidine rings is 1. The summed E-state index contributed by atoms with van der Waals surface area (Å²) >= 11 is 7.40. The van der Waals surface area contributed by atoms with E-state index in [0.717, 1.165) is 30.3 Å². The number of fused-ring (bicyclic) bond motifs is 1. The molecule has 0 saturated carbocycles. The number of anilines is 1. The van der Waals surface area contributed by atoms with Gasteiger partial charge in [-0.2, -0.15) is 4.98 Å². The van der Waals surface area contributed by atoms with Gasteiger partial charge in [0, 0.05) is 13.1 Å². The van der Waals surface area contributed by atoms with Crippen molar-refractivity contribution in [1.82, 2.24) is 9.97 Å². The highest BCUT2D eigenvalue weighted by Crippen LogP contribution is 2.38. The highest BCUT2D eigenvalue weighted by Gasteiger charge is 2.30. The molecular formula is C18H22ClN3O4S. The molecule has 27 heavy (non-hydrogen) atoms. The summed E-state index contributed by atoms with van der Waals surface area (Å²) in [5.41, 5.74) is 0.776.